The number of rotatable bonds is 2. The number of aliphatic hydroxyl groups excluding tert-OH is 1. The number of anilines is 1. The topological polar surface area (TPSA) is 52.5 Å². The second kappa shape index (κ2) is 6.28. The first kappa shape index (κ1) is 14.7. The maximum atomic E-state index is 9.62. The SMILES string of the molecule is Cc1cc(C)nc(N2CCN(C3CCC(O)CC3)CC2)n1. The van der Waals surface area contributed by atoms with Crippen molar-refractivity contribution in [1.82, 2.24) is 14.9 Å². The Morgan fingerprint density at radius 3 is 2.10 bits per heavy atom. The van der Waals surface area contributed by atoms with Gasteiger partial charge in [-0.3, -0.25) is 4.90 Å². The molecule has 1 aliphatic carbocycles. The predicted molar refractivity (Wildman–Crippen MR) is 83.6 cm³/mol. The van der Waals surface area contributed by atoms with E-state index in [4.69, 9.17) is 0 Å². The van der Waals surface area contributed by atoms with Crippen molar-refractivity contribution in [2.24, 2.45) is 0 Å². The van der Waals surface area contributed by atoms with Crippen molar-refractivity contribution < 1.29 is 5.11 Å². The Morgan fingerprint density at radius 2 is 1.52 bits per heavy atom. The van der Waals surface area contributed by atoms with Crippen LogP contribution in [0.25, 0.3) is 0 Å². The Kier molecular flexibility index (Phi) is 4.40. The van der Waals surface area contributed by atoms with Gasteiger partial charge in [-0.25, -0.2) is 9.97 Å². The first-order valence-electron chi connectivity index (χ1n) is 8.11. The summed E-state index contributed by atoms with van der Waals surface area (Å²) in [6.45, 7) is 8.22. The third-order valence-corrected chi connectivity index (χ3v) is 4.75. The third kappa shape index (κ3) is 3.52. The van der Waals surface area contributed by atoms with Gasteiger partial charge in [0.15, 0.2) is 0 Å². The second-order valence-corrected chi connectivity index (χ2v) is 6.44. The smallest absolute Gasteiger partial charge is 0.225 e. The van der Waals surface area contributed by atoms with Crippen LogP contribution in [0.2, 0.25) is 0 Å². The average Bonchev–Trinajstić information content (AvgIpc) is 2.47. The van der Waals surface area contributed by atoms with Crippen molar-refractivity contribution in [3.63, 3.8) is 0 Å². The van der Waals surface area contributed by atoms with E-state index in [-0.39, 0.29) is 6.10 Å². The zero-order valence-corrected chi connectivity index (χ0v) is 13.1. The summed E-state index contributed by atoms with van der Waals surface area (Å²) in [5.74, 6) is 0.881. The monoisotopic (exact) mass is 290 g/mol. The van der Waals surface area contributed by atoms with Crippen LogP contribution < -0.4 is 4.90 Å². The highest BCUT2D eigenvalue weighted by Crippen LogP contribution is 2.24. The second-order valence-electron chi connectivity index (χ2n) is 6.44. The van der Waals surface area contributed by atoms with Crippen LogP contribution in [0.15, 0.2) is 6.07 Å². The molecule has 0 amide bonds. The van der Waals surface area contributed by atoms with E-state index in [1.807, 2.05) is 19.9 Å². The highest BCUT2D eigenvalue weighted by Gasteiger charge is 2.28. The maximum Gasteiger partial charge on any atom is 0.225 e. The van der Waals surface area contributed by atoms with Crippen LogP contribution in [0.1, 0.15) is 37.1 Å². The largest absolute Gasteiger partial charge is 0.393 e. The van der Waals surface area contributed by atoms with Gasteiger partial charge in [-0.1, -0.05) is 0 Å². The number of aromatic nitrogens is 2. The minimum atomic E-state index is -0.0637. The maximum absolute atomic E-state index is 9.62. The average molecular weight is 290 g/mol. The van der Waals surface area contributed by atoms with E-state index in [1.54, 1.807) is 0 Å². The molecule has 1 aliphatic heterocycles. The van der Waals surface area contributed by atoms with Crippen LogP contribution in [0, 0.1) is 13.8 Å². The number of nitrogens with zero attached hydrogens (tertiary/aromatic N) is 4. The summed E-state index contributed by atoms with van der Waals surface area (Å²) in [7, 11) is 0. The summed E-state index contributed by atoms with van der Waals surface area (Å²) in [4.78, 5) is 14.0. The van der Waals surface area contributed by atoms with Gasteiger partial charge in [-0.05, 0) is 45.6 Å². The Balaban J connectivity index is 1.57. The Bertz CT molecular complexity index is 457. The molecular formula is C16H26N4O. The first-order chi connectivity index (χ1) is 10.1. The lowest BCUT2D eigenvalue weighted by Gasteiger charge is -2.41. The molecule has 1 aromatic heterocycles. The molecular weight excluding hydrogens is 264 g/mol. The fourth-order valence-electron chi connectivity index (χ4n) is 3.56. The normalized spacial score (nSPS) is 27.9. The summed E-state index contributed by atoms with van der Waals surface area (Å²) in [6, 6.07) is 2.68. The van der Waals surface area contributed by atoms with Gasteiger partial charge in [-0.15, -0.1) is 0 Å². The minimum Gasteiger partial charge on any atom is -0.393 e. The van der Waals surface area contributed by atoms with Gasteiger partial charge in [0.05, 0.1) is 6.10 Å². The van der Waals surface area contributed by atoms with E-state index >= 15 is 0 Å². The minimum absolute atomic E-state index is 0.0637. The Labute approximate surface area is 127 Å². The number of hydrogen-bond donors (Lipinski definition) is 1. The molecule has 2 heterocycles. The van der Waals surface area contributed by atoms with E-state index in [9.17, 15) is 5.11 Å². The molecule has 116 valence electrons. The Morgan fingerprint density at radius 1 is 0.952 bits per heavy atom. The van der Waals surface area contributed by atoms with Gasteiger partial charge >= 0.3 is 0 Å². The molecule has 0 radical (unpaired) electrons. The van der Waals surface area contributed by atoms with Crippen molar-refractivity contribution in [2.75, 3.05) is 31.1 Å². The standard InChI is InChI=1S/C16H26N4O/c1-12-11-13(2)18-16(17-12)20-9-7-19(8-10-20)14-3-5-15(21)6-4-14/h11,14-15,21H,3-10H2,1-2H3. The summed E-state index contributed by atoms with van der Waals surface area (Å²) in [5.41, 5.74) is 2.09. The molecule has 21 heavy (non-hydrogen) atoms. The molecule has 0 unspecified atom stereocenters. The summed E-state index contributed by atoms with van der Waals surface area (Å²) < 4.78 is 0. The summed E-state index contributed by atoms with van der Waals surface area (Å²) in [6.07, 6.45) is 4.14. The van der Waals surface area contributed by atoms with Gasteiger partial charge in [0.2, 0.25) is 5.95 Å². The van der Waals surface area contributed by atoms with Crippen molar-refractivity contribution in [3.05, 3.63) is 17.5 Å². The zero-order chi connectivity index (χ0) is 14.8. The molecule has 2 aliphatic rings. The van der Waals surface area contributed by atoms with Crippen LogP contribution in [-0.2, 0) is 0 Å². The van der Waals surface area contributed by atoms with Crippen LogP contribution in [0.5, 0.6) is 0 Å². The fraction of sp³-hybridized carbons (Fsp3) is 0.750. The lowest BCUT2D eigenvalue weighted by atomic mass is 9.91. The Hall–Kier alpha value is -1.20. The van der Waals surface area contributed by atoms with Crippen molar-refractivity contribution in [3.8, 4) is 0 Å². The van der Waals surface area contributed by atoms with Crippen LogP contribution >= 0.6 is 0 Å². The molecule has 0 spiro atoms. The lowest BCUT2D eigenvalue weighted by molar-refractivity contribution is 0.0710. The number of aryl methyl sites for hydroxylation is 2. The molecule has 2 fully saturated rings. The van der Waals surface area contributed by atoms with Crippen LogP contribution in [0.3, 0.4) is 0 Å². The van der Waals surface area contributed by atoms with Gasteiger partial charge in [0, 0.05) is 43.6 Å². The molecule has 1 aromatic rings. The summed E-state index contributed by atoms with van der Waals surface area (Å²) >= 11 is 0. The first-order valence-corrected chi connectivity index (χ1v) is 8.11. The quantitative estimate of drug-likeness (QED) is 0.895. The summed E-state index contributed by atoms with van der Waals surface area (Å²) in [5, 5.41) is 9.62. The van der Waals surface area contributed by atoms with E-state index in [1.165, 1.54) is 0 Å². The van der Waals surface area contributed by atoms with E-state index in [0.717, 1.165) is 69.2 Å². The predicted octanol–water partition coefficient (Wildman–Crippen LogP) is 1.52. The molecule has 0 atom stereocenters. The lowest BCUT2D eigenvalue weighted by Crippen LogP contribution is -2.51. The molecule has 5 heteroatoms. The van der Waals surface area contributed by atoms with E-state index in [2.05, 4.69) is 19.8 Å². The van der Waals surface area contributed by atoms with Gasteiger partial charge in [-0.2, -0.15) is 0 Å². The van der Waals surface area contributed by atoms with Crippen molar-refractivity contribution in [1.29, 1.82) is 0 Å². The van der Waals surface area contributed by atoms with E-state index in [0.29, 0.717) is 6.04 Å². The third-order valence-electron chi connectivity index (χ3n) is 4.75. The van der Waals surface area contributed by atoms with E-state index < -0.39 is 0 Å². The van der Waals surface area contributed by atoms with Crippen molar-refractivity contribution >= 4 is 5.95 Å². The molecule has 1 saturated heterocycles. The molecule has 1 N–H and O–H groups in total. The molecule has 5 nitrogen and oxygen atoms in total. The number of hydrogen-bond acceptors (Lipinski definition) is 5. The highest BCUT2D eigenvalue weighted by molar-refractivity contribution is 5.32. The van der Waals surface area contributed by atoms with Crippen molar-refractivity contribution in [2.45, 2.75) is 51.7 Å². The van der Waals surface area contributed by atoms with Crippen LogP contribution in [-0.4, -0.2) is 58.3 Å². The van der Waals surface area contributed by atoms with Gasteiger partial charge in [0.25, 0.3) is 0 Å². The fourth-order valence-corrected chi connectivity index (χ4v) is 3.56. The highest BCUT2D eigenvalue weighted by atomic mass is 16.3. The van der Waals surface area contributed by atoms with Gasteiger partial charge in [0.1, 0.15) is 0 Å². The zero-order valence-electron chi connectivity index (χ0n) is 13.1. The molecule has 0 bridgehead atoms. The molecule has 0 aromatic carbocycles. The molecule has 3 rings (SSSR count). The van der Waals surface area contributed by atoms with Crippen LogP contribution in [0.4, 0.5) is 5.95 Å². The number of piperazine rings is 1. The number of aliphatic hydroxyl groups is 1. The molecule has 1 saturated carbocycles. The van der Waals surface area contributed by atoms with Gasteiger partial charge < -0.3 is 10.0 Å².